The van der Waals surface area contributed by atoms with E-state index in [1.54, 1.807) is 17.6 Å². The molecule has 2 aromatic carbocycles. The molecule has 8 rings (SSSR count). The van der Waals surface area contributed by atoms with Gasteiger partial charge in [-0.1, -0.05) is 50.0 Å². The van der Waals surface area contributed by atoms with E-state index in [0.29, 0.717) is 83.3 Å². The van der Waals surface area contributed by atoms with Gasteiger partial charge in [0, 0.05) is 81.6 Å². The Labute approximate surface area is 305 Å². The Kier molecular flexibility index (Phi) is 9.82. The monoisotopic (exact) mass is 720 g/mol. The summed E-state index contributed by atoms with van der Waals surface area (Å²) in [5.74, 6) is 3.56. The molecule has 5 aliphatic rings. The Bertz CT molecular complexity index is 1840. The zero-order chi connectivity index (χ0) is 35.3. The molecule has 1 N–H and O–H groups in total. The van der Waals surface area contributed by atoms with Gasteiger partial charge in [-0.2, -0.15) is 0 Å². The number of aryl methyl sites for hydroxylation is 1. The van der Waals surface area contributed by atoms with E-state index in [-0.39, 0.29) is 17.5 Å². The molecular formula is C38H50Cl2N8O2. The van der Waals surface area contributed by atoms with Crippen LogP contribution in [0.5, 0.6) is 0 Å². The number of piperazine rings is 2. The molecule has 50 heavy (non-hydrogen) atoms. The van der Waals surface area contributed by atoms with Crippen molar-refractivity contribution in [3.63, 3.8) is 0 Å². The van der Waals surface area contributed by atoms with Crippen molar-refractivity contribution in [2.75, 3.05) is 69.6 Å². The lowest BCUT2D eigenvalue weighted by atomic mass is 9.45. The van der Waals surface area contributed by atoms with Crippen LogP contribution in [0.25, 0.3) is 10.9 Å². The topological polar surface area (TPSA) is 89.3 Å². The number of hydrogen-bond donors (Lipinski definition) is 1. The van der Waals surface area contributed by atoms with Crippen LogP contribution in [-0.2, 0) is 17.8 Å². The third-order valence-corrected chi connectivity index (χ3v) is 12.8. The standard InChI is InChI=1S/C38H50Cl2N8O2/c1-24-31-20-27(38(31,3)4)21-33(24)42-36(46-14-12-44(5)13-15-46)41-29-8-9-30-34(23-29)43-37(47-18-16-45(17-19-47)25(2)49)48(35(30)50)11-10-26-6-7-28(39)22-32(26)40/h6-9,22-24,27,31,33H,10-21H2,1-5H3,(H,41,42)/t24-,27-,31-,33+/m1/s1. The van der Waals surface area contributed by atoms with Gasteiger partial charge in [0.1, 0.15) is 0 Å². The summed E-state index contributed by atoms with van der Waals surface area (Å²) in [5.41, 5.74) is 2.73. The van der Waals surface area contributed by atoms with Gasteiger partial charge in [-0.15, -0.1) is 0 Å². The van der Waals surface area contributed by atoms with Crippen LogP contribution in [0.15, 0.2) is 46.2 Å². The highest BCUT2D eigenvalue weighted by atomic mass is 35.5. The molecular weight excluding hydrogens is 671 g/mol. The van der Waals surface area contributed by atoms with Crippen molar-refractivity contribution in [1.29, 1.82) is 0 Å². The summed E-state index contributed by atoms with van der Waals surface area (Å²) in [6, 6.07) is 11.6. The van der Waals surface area contributed by atoms with E-state index in [1.807, 2.05) is 35.2 Å². The fraction of sp³-hybridized carbons (Fsp3) is 0.579. The predicted molar refractivity (Wildman–Crippen MR) is 204 cm³/mol. The van der Waals surface area contributed by atoms with Gasteiger partial charge in [-0.3, -0.25) is 14.2 Å². The zero-order valence-corrected chi connectivity index (χ0v) is 31.5. The maximum atomic E-state index is 14.2. The molecule has 3 saturated carbocycles. The van der Waals surface area contributed by atoms with Gasteiger partial charge in [0.2, 0.25) is 11.9 Å². The van der Waals surface area contributed by atoms with E-state index < -0.39 is 0 Å². The van der Waals surface area contributed by atoms with Crippen molar-refractivity contribution >= 4 is 57.6 Å². The maximum Gasteiger partial charge on any atom is 0.262 e. The lowest BCUT2D eigenvalue weighted by molar-refractivity contribution is -0.129. The lowest BCUT2D eigenvalue weighted by Crippen LogP contribution is -2.57. The van der Waals surface area contributed by atoms with Gasteiger partial charge in [-0.05, 0) is 85.4 Å². The molecule has 12 heteroatoms. The molecule has 0 radical (unpaired) electrons. The van der Waals surface area contributed by atoms with E-state index in [9.17, 15) is 9.59 Å². The quantitative estimate of drug-likeness (QED) is 0.258. The summed E-state index contributed by atoms with van der Waals surface area (Å²) in [4.78, 5) is 45.7. The molecule has 5 fully saturated rings. The number of anilines is 2. The van der Waals surface area contributed by atoms with Crippen molar-refractivity contribution < 1.29 is 4.79 Å². The predicted octanol–water partition coefficient (Wildman–Crippen LogP) is 5.70. The van der Waals surface area contributed by atoms with Crippen molar-refractivity contribution in [3.05, 3.63) is 62.4 Å². The van der Waals surface area contributed by atoms with E-state index in [0.717, 1.165) is 55.7 Å². The highest BCUT2D eigenvalue weighted by Gasteiger charge is 2.56. The minimum atomic E-state index is -0.0959. The molecule has 0 unspecified atom stereocenters. The van der Waals surface area contributed by atoms with Crippen LogP contribution >= 0.6 is 23.2 Å². The van der Waals surface area contributed by atoms with Crippen LogP contribution in [0.1, 0.15) is 46.1 Å². The Hall–Kier alpha value is -3.34. The number of aromatic nitrogens is 2. The molecule has 268 valence electrons. The van der Waals surface area contributed by atoms with Crippen LogP contribution in [0, 0.1) is 23.2 Å². The Morgan fingerprint density at radius 3 is 2.36 bits per heavy atom. The number of fused-ring (bicyclic) bond motifs is 3. The van der Waals surface area contributed by atoms with Crippen LogP contribution < -0.4 is 15.8 Å². The summed E-state index contributed by atoms with van der Waals surface area (Å²) < 4.78 is 1.76. The molecule has 2 saturated heterocycles. The fourth-order valence-electron chi connectivity index (χ4n) is 8.70. The number of carbonyl (C=O) groups excluding carboxylic acids is 1. The second-order valence-corrected chi connectivity index (χ2v) is 16.3. The minimum Gasteiger partial charge on any atom is -0.340 e. The molecule has 3 heterocycles. The van der Waals surface area contributed by atoms with E-state index in [4.69, 9.17) is 33.2 Å². The largest absolute Gasteiger partial charge is 0.340 e. The first-order chi connectivity index (χ1) is 23.9. The van der Waals surface area contributed by atoms with Crippen LogP contribution in [-0.4, -0.2) is 102 Å². The molecule has 3 aromatic rings. The highest BCUT2D eigenvalue weighted by molar-refractivity contribution is 6.35. The molecule has 2 bridgehead atoms. The van der Waals surface area contributed by atoms with E-state index in [2.05, 4.69) is 47.8 Å². The first-order valence-electron chi connectivity index (χ1n) is 18.2. The Balaban J connectivity index is 1.21. The summed E-state index contributed by atoms with van der Waals surface area (Å²) in [7, 11) is 2.17. The van der Waals surface area contributed by atoms with Crippen molar-refractivity contribution in [2.45, 2.75) is 59.5 Å². The number of nitrogens with zero attached hydrogens (tertiary/aromatic N) is 7. The highest BCUT2D eigenvalue weighted by Crippen LogP contribution is 2.61. The molecule has 4 atom stereocenters. The number of carbonyl (C=O) groups is 1. The van der Waals surface area contributed by atoms with Crippen molar-refractivity contribution in [2.24, 2.45) is 28.2 Å². The Morgan fingerprint density at radius 2 is 1.70 bits per heavy atom. The first kappa shape index (κ1) is 35.1. The third kappa shape index (κ3) is 6.83. The summed E-state index contributed by atoms with van der Waals surface area (Å²) in [6.45, 7) is 15.4. The maximum absolute atomic E-state index is 14.2. The molecule has 2 aliphatic heterocycles. The minimum absolute atomic E-state index is 0.0581. The molecule has 1 amide bonds. The van der Waals surface area contributed by atoms with Crippen LogP contribution in [0.2, 0.25) is 10.0 Å². The number of nitrogens with one attached hydrogen (secondary N) is 1. The number of rotatable bonds is 6. The number of aliphatic imine (C=N–C) groups is 1. The summed E-state index contributed by atoms with van der Waals surface area (Å²) in [5, 5.41) is 5.42. The molecule has 3 aliphatic carbocycles. The van der Waals surface area contributed by atoms with Gasteiger partial charge < -0.3 is 24.9 Å². The van der Waals surface area contributed by atoms with E-state index in [1.165, 1.54) is 6.42 Å². The lowest BCUT2D eigenvalue weighted by Gasteiger charge is -2.61. The smallest absolute Gasteiger partial charge is 0.262 e. The van der Waals surface area contributed by atoms with Crippen molar-refractivity contribution in [3.8, 4) is 0 Å². The molecule has 10 nitrogen and oxygen atoms in total. The number of guanidine groups is 1. The normalized spacial score (nSPS) is 25.5. The van der Waals surface area contributed by atoms with Gasteiger partial charge in [0.05, 0.1) is 16.9 Å². The first-order valence-corrected chi connectivity index (χ1v) is 18.9. The second-order valence-electron chi connectivity index (χ2n) is 15.5. The Morgan fingerprint density at radius 1 is 0.980 bits per heavy atom. The van der Waals surface area contributed by atoms with E-state index >= 15 is 0 Å². The average molecular weight is 722 g/mol. The van der Waals surface area contributed by atoms with Crippen LogP contribution in [0.4, 0.5) is 11.6 Å². The third-order valence-electron chi connectivity index (χ3n) is 12.2. The number of amides is 1. The zero-order valence-electron chi connectivity index (χ0n) is 30.0. The molecule has 1 aromatic heterocycles. The number of hydrogen-bond acceptors (Lipinski definition) is 6. The second kappa shape index (κ2) is 14.0. The average Bonchev–Trinajstić information content (AvgIpc) is 3.09. The number of likely N-dealkylation sites (N-methyl/N-ethyl adjacent to an activating group) is 1. The fourth-order valence-corrected chi connectivity index (χ4v) is 9.20. The number of benzene rings is 2. The molecule has 0 spiro atoms. The SMILES string of the molecule is CC(=O)N1CCN(c2nc3cc(NC(=N[C@H]4C[C@H]5C[C@H]([C@H]4C)C5(C)C)N4CCN(C)CC4)ccc3c(=O)n2CCc2ccc(Cl)cc2Cl)CC1. The van der Waals surface area contributed by atoms with Crippen molar-refractivity contribution in [1.82, 2.24) is 24.3 Å². The summed E-state index contributed by atoms with van der Waals surface area (Å²) in [6.07, 6.45) is 3.00. The van der Waals surface area contributed by atoms with Gasteiger partial charge in [-0.25, -0.2) is 9.98 Å². The van der Waals surface area contributed by atoms with Gasteiger partial charge in [0.25, 0.3) is 5.56 Å². The summed E-state index contributed by atoms with van der Waals surface area (Å²) >= 11 is 12.7. The van der Waals surface area contributed by atoms with Gasteiger partial charge >= 0.3 is 0 Å². The van der Waals surface area contributed by atoms with Gasteiger partial charge in [0.15, 0.2) is 5.96 Å². The van der Waals surface area contributed by atoms with Crippen LogP contribution in [0.3, 0.4) is 0 Å². The number of halogens is 2.